The number of nitrogens with zero attached hydrogens (tertiary/aromatic N) is 4. The van der Waals surface area contributed by atoms with Crippen LogP contribution in [0.2, 0.25) is 0 Å². The van der Waals surface area contributed by atoms with Crippen LogP contribution in [0.25, 0.3) is 20.7 Å². The van der Waals surface area contributed by atoms with Crippen molar-refractivity contribution in [2.24, 2.45) is 0 Å². The Bertz CT molecular complexity index is 1000. The molecule has 1 aliphatic rings. The number of anilines is 1. The number of H-pyrrole nitrogens is 1. The zero-order valence-corrected chi connectivity index (χ0v) is 15.1. The molecule has 1 N–H and O–H groups in total. The normalized spacial score (nSPS) is 15.6. The van der Waals surface area contributed by atoms with Crippen LogP contribution in [-0.4, -0.2) is 33.0 Å². The highest BCUT2D eigenvalue weighted by Crippen LogP contribution is 2.37. The first-order valence-corrected chi connectivity index (χ1v) is 9.74. The lowest BCUT2D eigenvalue weighted by atomic mass is 9.96. The van der Waals surface area contributed by atoms with Gasteiger partial charge in [-0.2, -0.15) is 0 Å². The van der Waals surface area contributed by atoms with Crippen LogP contribution in [0.15, 0.2) is 55.1 Å². The molecule has 0 atom stereocenters. The molecule has 1 aliphatic heterocycles. The first-order valence-electron chi connectivity index (χ1n) is 8.92. The molecule has 0 amide bonds. The topological polar surface area (TPSA) is 57.7 Å². The van der Waals surface area contributed by atoms with E-state index in [-0.39, 0.29) is 0 Å². The first-order chi connectivity index (χ1) is 12.9. The lowest BCUT2D eigenvalue weighted by molar-refractivity contribution is 0.487. The Balaban J connectivity index is 1.43. The molecule has 1 fully saturated rings. The maximum atomic E-state index is 4.62. The van der Waals surface area contributed by atoms with Gasteiger partial charge in [0.05, 0.1) is 5.39 Å². The maximum absolute atomic E-state index is 4.62. The zero-order valence-electron chi connectivity index (χ0n) is 14.3. The van der Waals surface area contributed by atoms with E-state index >= 15 is 0 Å². The Morgan fingerprint density at radius 3 is 2.65 bits per heavy atom. The number of thiophene rings is 1. The van der Waals surface area contributed by atoms with Gasteiger partial charge in [-0.15, -0.1) is 11.3 Å². The Hall–Kier alpha value is -2.73. The molecule has 5 rings (SSSR count). The van der Waals surface area contributed by atoms with E-state index < -0.39 is 0 Å². The van der Waals surface area contributed by atoms with Gasteiger partial charge in [-0.3, -0.25) is 0 Å². The van der Waals surface area contributed by atoms with Crippen LogP contribution in [0.4, 0.5) is 5.82 Å². The molecule has 1 aromatic carbocycles. The van der Waals surface area contributed by atoms with Gasteiger partial charge in [0.15, 0.2) is 0 Å². The van der Waals surface area contributed by atoms with Crippen molar-refractivity contribution in [2.45, 2.75) is 18.8 Å². The molecule has 0 bridgehead atoms. The lowest BCUT2D eigenvalue weighted by Crippen LogP contribution is -2.33. The number of hydrogen-bond acceptors (Lipinski definition) is 5. The Morgan fingerprint density at radius 2 is 1.88 bits per heavy atom. The minimum absolute atomic E-state index is 0.515. The third kappa shape index (κ3) is 2.76. The molecule has 0 saturated carbocycles. The van der Waals surface area contributed by atoms with Crippen LogP contribution in [0.5, 0.6) is 0 Å². The van der Waals surface area contributed by atoms with E-state index in [1.165, 1.54) is 10.4 Å². The van der Waals surface area contributed by atoms with Crippen LogP contribution in [0.1, 0.15) is 24.6 Å². The predicted molar refractivity (Wildman–Crippen MR) is 106 cm³/mol. The molecule has 4 heterocycles. The summed E-state index contributed by atoms with van der Waals surface area (Å²) in [7, 11) is 0. The van der Waals surface area contributed by atoms with Gasteiger partial charge in [-0.05, 0) is 24.5 Å². The summed E-state index contributed by atoms with van der Waals surface area (Å²) in [5, 5.41) is 1.16. The molecule has 26 heavy (non-hydrogen) atoms. The summed E-state index contributed by atoms with van der Waals surface area (Å²) < 4.78 is 0. The van der Waals surface area contributed by atoms with Crippen molar-refractivity contribution in [2.75, 3.05) is 18.0 Å². The molecular formula is C20H19N5S. The first kappa shape index (κ1) is 15.5. The third-order valence-corrected chi connectivity index (χ3v) is 6.16. The molecule has 0 aliphatic carbocycles. The van der Waals surface area contributed by atoms with E-state index in [0.29, 0.717) is 5.92 Å². The number of nitrogens with one attached hydrogen (secondary N) is 1. The molecular weight excluding hydrogens is 342 g/mol. The molecule has 5 nitrogen and oxygen atoms in total. The Kier molecular flexibility index (Phi) is 3.90. The summed E-state index contributed by atoms with van der Waals surface area (Å²) >= 11 is 1.73. The quantitative estimate of drug-likeness (QED) is 0.585. The monoisotopic (exact) mass is 361 g/mol. The number of imidazole rings is 1. The summed E-state index contributed by atoms with van der Waals surface area (Å²) in [5.41, 5.74) is 1.23. The van der Waals surface area contributed by atoms with Gasteiger partial charge in [0.1, 0.15) is 22.8 Å². The lowest BCUT2D eigenvalue weighted by Gasteiger charge is -2.32. The van der Waals surface area contributed by atoms with Crippen molar-refractivity contribution >= 4 is 27.4 Å². The number of benzene rings is 1. The maximum Gasteiger partial charge on any atom is 0.140 e. The highest BCUT2D eigenvalue weighted by molar-refractivity contribution is 7.21. The summed E-state index contributed by atoms with van der Waals surface area (Å²) in [6.45, 7) is 1.99. The van der Waals surface area contributed by atoms with Crippen LogP contribution >= 0.6 is 11.3 Å². The summed E-state index contributed by atoms with van der Waals surface area (Å²) in [6, 6.07) is 12.7. The SMILES string of the molecule is c1ccc(-c2cc3c(N4CCC(c5ncc[nH]5)CC4)ncnc3s2)cc1. The van der Waals surface area contributed by atoms with Crippen molar-refractivity contribution in [3.63, 3.8) is 0 Å². The van der Waals surface area contributed by atoms with Gasteiger partial charge in [0.25, 0.3) is 0 Å². The molecule has 130 valence electrons. The molecule has 0 radical (unpaired) electrons. The molecule has 1 saturated heterocycles. The molecule has 4 aromatic rings. The van der Waals surface area contributed by atoms with Gasteiger partial charge >= 0.3 is 0 Å². The van der Waals surface area contributed by atoms with Crippen LogP contribution in [-0.2, 0) is 0 Å². The second-order valence-electron chi connectivity index (χ2n) is 6.63. The van der Waals surface area contributed by atoms with E-state index in [1.807, 2.05) is 18.5 Å². The molecule has 0 spiro atoms. The average molecular weight is 361 g/mol. The van der Waals surface area contributed by atoms with E-state index in [4.69, 9.17) is 0 Å². The number of aromatic amines is 1. The largest absolute Gasteiger partial charge is 0.356 e. The predicted octanol–water partition coefficient (Wildman–Crippen LogP) is 4.47. The van der Waals surface area contributed by atoms with Crippen LogP contribution in [0, 0.1) is 0 Å². The van der Waals surface area contributed by atoms with Crippen molar-refractivity contribution in [3.8, 4) is 10.4 Å². The standard InChI is InChI=1S/C20H19N5S/c1-2-4-14(5-3-1)17-12-16-19(23-13-24-20(16)26-17)25-10-6-15(7-11-25)18-21-8-9-22-18/h1-5,8-9,12-13,15H,6-7,10-11H2,(H,21,22). The van der Waals surface area contributed by atoms with Crippen LogP contribution in [0.3, 0.4) is 0 Å². The fourth-order valence-corrected chi connectivity index (χ4v) is 4.70. The highest BCUT2D eigenvalue weighted by atomic mass is 32.1. The second kappa shape index (κ2) is 6.53. The fraction of sp³-hybridized carbons (Fsp3) is 0.250. The minimum Gasteiger partial charge on any atom is -0.356 e. The van der Waals surface area contributed by atoms with Gasteiger partial charge in [0.2, 0.25) is 0 Å². The van der Waals surface area contributed by atoms with E-state index in [0.717, 1.165) is 47.8 Å². The fourth-order valence-electron chi connectivity index (χ4n) is 3.71. The molecule has 0 unspecified atom stereocenters. The number of piperidine rings is 1. The Labute approximate surface area is 155 Å². The average Bonchev–Trinajstić information content (AvgIpc) is 3.38. The van der Waals surface area contributed by atoms with E-state index in [9.17, 15) is 0 Å². The smallest absolute Gasteiger partial charge is 0.140 e. The zero-order chi connectivity index (χ0) is 17.3. The number of hydrogen-bond donors (Lipinski definition) is 1. The number of aromatic nitrogens is 4. The van der Waals surface area contributed by atoms with Crippen molar-refractivity contribution in [3.05, 3.63) is 60.9 Å². The van der Waals surface area contributed by atoms with Crippen molar-refractivity contribution in [1.82, 2.24) is 19.9 Å². The summed E-state index contributed by atoms with van der Waals surface area (Å²) in [5.74, 6) is 2.69. The van der Waals surface area contributed by atoms with Crippen molar-refractivity contribution < 1.29 is 0 Å². The van der Waals surface area contributed by atoms with Gasteiger partial charge < -0.3 is 9.88 Å². The minimum atomic E-state index is 0.515. The van der Waals surface area contributed by atoms with E-state index in [1.54, 1.807) is 17.7 Å². The third-order valence-electron chi connectivity index (χ3n) is 5.07. The molecule has 6 heteroatoms. The van der Waals surface area contributed by atoms with Gasteiger partial charge in [-0.1, -0.05) is 30.3 Å². The number of fused-ring (bicyclic) bond motifs is 1. The van der Waals surface area contributed by atoms with Crippen molar-refractivity contribution in [1.29, 1.82) is 0 Å². The van der Waals surface area contributed by atoms with Crippen LogP contribution < -0.4 is 4.90 Å². The van der Waals surface area contributed by atoms with E-state index in [2.05, 4.69) is 55.2 Å². The van der Waals surface area contributed by atoms with Gasteiger partial charge in [0, 0.05) is 36.3 Å². The Morgan fingerprint density at radius 1 is 1.04 bits per heavy atom. The second-order valence-corrected chi connectivity index (χ2v) is 7.66. The van der Waals surface area contributed by atoms with Gasteiger partial charge in [-0.25, -0.2) is 15.0 Å². The summed E-state index contributed by atoms with van der Waals surface area (Å²) in [6.07, 6.45) is 7.63. The highest BCUT2D eigenvalue weighted by Gasteiger charge is 2.24. The molecule has 3 aromatic heterocycles. The number of rotatable bonds is 3. The summed E-state index contributed by atoms with van der Waals surface area (Å²) in [4.78, 5) is 21.5.